The average Bonchev–Trinajstić information content (AvgIpc) is 2.27. The number of anilines is 1. The highest BCUT2D eigenvalue weighted by Gasteiger charge is 2.07. The molecule has 0 bridgehead atoms. The molecule has 1 aromatic carbocycles. The van der Waals surface area contributed by atoms with Gasteiger partial charge in [-0.25, -0.2) is 0 Å². The van der Waals surface area contributed by atoms with E-state index in [0.717, 1.165) is 11.3 Å². The van der Waals surface area contributed by atoms with Crippen LogP contribution in [0.4, 0.5) is 5.69 Å². The maximum Gasteiger partial charge on any atom is 0.119 e. The van der Waals surface area contributed by atoms with E-state index in [1.54, 1.807) is 12.1 Å². The lowest BCUT2D eigenvalue weighted by Gasteiger charge is -2.13. The van der Waals surface area contributed by atoms with Gasteiger partial charge in [-0.05, 0) is 29.7 Å². The highest BCUT2D eigenvalue weighted by molar-refractivity contribution is 5.51. The number of nitrogens with one attached hydrogen (secondary N) is 1. The fourth-order valence-electron chi connectivity index (χ4n) is 1.43. The van der Waals surface area contributed by atoms with Gasteiger partial charge in [0, 0.05) is 12.2 Å². The number of hydrogen-bond donors (Lipinski definition) is 4. The van der Waals surface area contributed by atoms with Crippen molar-refractivity contribution < 1.29 is 15.3 Å². The number of benzene rings is 1. The van der Waals surface area contributed by atoms with Crippen molar-refractivity contribution in [2.45, 2.75) is 25.9 Å². The maximum atomic E-state index is 9.61. The van der Waals surface area contributed by atoms with Crippen LogP contribution >= 0.6 is 0 Å². The van der Waals surface area contributed by atoms with E-state index < -0.39 is 6.10 Å². The normalized spacial score (nSPS) is 12.8. The molecule has 1 rings (SSSR count). The monoisotopic (exact) mass is 225 g/mol. The Morgan fingerprint density at radius 1 is 1.31 bits per heavy atom. The van der Waals surface area contributed by atoms with E-state index in [1.165, 1.54) is 0 Å². The summed E-state index contributed by atoms with van der Waals surface area (Å²) >= 11 is 0. The second-order valence-electron chi connectivity index (χ2n) is 4.15. The van der Waals surface area contributed by atoms with Gasteiger partial charge in [0.25, 0.3) is 0 Å². The van der Waals surface area contributed by atoms with Crippen LogP contribution in [0.3, 0.4) is 0 Å². The van der Waals surface area contributed by atoms with E-state index in [4.69, 9.17) is 5.11 Å². The minimum Gasteiger partial charge on any atom is -0.508 e. The van der Waals surface area contributed by atoms with Gasteiger partial charge in [-0.2, -0.15) is 0 Å². The zero-order chi connectivity index (χ0) is 12.1. The number of aromatic hydroxyl groups is 1. The number of phenols is 1. The van der Waals surface area contributed by atoms with Crippen LogP contribution in [0.25, 0.3) is 0 Å². The molecule has 4 heteroatoms. The molecule has 0 amide bonds. The number of aliphatic hydroxyl groups is 2. The Kier molecular flexibility index (Phi) is 4.58. The van der Waals surface area contributed by atoms with Crippen molar-refractivity contribution in [1.29, 1.82) is 0 Å². The topological polar surface area (TPSA) is 72.7 Å². The largest absolute Gasteiger partial charge is 0.508 e. The van der Waals surface area contributed by atoms with Crippen LogP contribution in [0.5, 0.6) is 5.75 Å². The summed E-state index contributed by atoms with van der Waals surface area (Å²) in [5.74, 6) is 0.521. The molecule has 90 valence electrons. The SMILES string of the molecule is CC(C)c1cc(NCC(O)CO)ccc1O. The first-order chi connectivity index (χ1) is 7.54. The summed E-state index contributed by atoms with van der Waals surface area (Å²) in [7, 11) is 0. The molecule has 16 heavy (non-hydrogen) atoms. The van der Waals surface area contributed by atoms with Gasteiger partial charge in [0.05, 0.1) is 12.7 Å². The third-order valence-electron chi connectivity index (χ3n) is 2.40. The Balaban J connectivity index is 2.71. The lowest BCUT2D eigenvalue weighted by molar-refractivity contribution is 0.105. The van der Waals surface area contributed by atoms with E-state index in [-0.39, 0.29) is 18.3 Å². The number of aliphatic hydroxyl groups excluding tert-OH is 2. The molecule has 4 N–H and O–H groups in total. The molecule has 0 fully saturated rings. The molecule has 0 aromatic heterocycles. The molecular formula is C12H19NO3. The summed E-state index contributed by atoms with van der Waals surface area (Å²) in [5.41, 5.74) is 1.69. The lowest BCUT2D eigenvalue weighted by atomic mass is 10.0. The van der Waals surface area contributed by atoms with Gasteiger partial charge in [-0.1, -0.05) is 13.8 Å². The van der Waals surface area contributed by atoms with Crippen molar-refractivity contribution in [3.63, 3.8) is 0 Å². The first kappa shape index (κ1) is 12.8. The molecule has 0 aliphatic rings. The molecule has 1 unspecified atom stereocenters. The van der Waals surface area contributed by atoms with Gasteiger partial charge in [0.2, 0.25) is 0 Å². The summed E-state index contributed by atoms with van der Waals surface area (Å²) in [6.07, 6.45) is -0.767. The van der Waals surface area contributed by atoms with Crippen molar-refractivity contribution in [3.05, 3.63) is 23.8 Å². The standard InChI is InChI=1S/C12H19NO3/c1-8(2)11-5-9(3-4-12(11)16)13-6-10(15)7-14/h3-5,8,10,13-16H,6-7H2,1-2H3. The van der Waals surface area contributed by atoms with Gasteiger partial charge in [0.1, 0.15) is 5.75 Å². The molecule has 1 aromatic rings. The summed E-state index contributed by atoms with van der Waals surface area (Å²) in [6.45, 7) is 4.03. The van der Waals surface area contributed by atoms with Crippen molar-refractivity contribution in [2.75, 3.05) is 18.5 Å². The first-order valence-electron chi connectivity index (χ1n) is 5.40. The molecule has 4 nitrogen and oxygen atoms in total. The smallest absolute Gasteiger partial charge is 0.119 e. The highest BCUT2D eigenvalue weighted by atomic mass is 16.3. The Morgan fingerprint density at radius 3 is 2.56 bits per heavy atom. The van der Waals surface area contributed by atoms with Crippen molar-refractivity contribution in [2.24, 2.45) is 0 Å². The molecule has 0 saturated heterocycles. The second-order valence-corrected chi connectivity index (χ2v) is 4.15. The lowest BCUT2D eigenvalue weighted by Crippen LogP contribution is -2.22. The van der Waals surface area contributed by atoms with E-state index >= 15 is 0 Å². The fourth-order valence-corrected chi connectivity index (χ4v) is 1.43. The summed E-state index contributed by atoms with van der Waals surface area (Å²) in [6, 6.07) is 5.22. The van der Waals surface area contributed by atoms with Crippen LogP contribution in [0.2, 0.25) is 0 Å². The van der Waals surface area contributed by atoms with E-state index in [9.17, 15) is 10.2 Å². The van der Waals surface area contributed by atoms with Crippen LogP contribution in [-0.2, 0) is 0 Å². The molecule has 0 aliphatic carbocycles. The molecule has 1 atom stereocenters. The van der Waals surface area contributed by atoms with Gasteiger partial charge >= 0.3 is 0 Å². The third kappa shape index (κ3) is 3.40. The minimum atomic E-state index is -0.767. The van der Waals surface area contributed by atoms with E-state index in [1.807, 2.05) is 19.9 Å². The quantitative estimate of drug-likeness (QED) is 0.570. The van der Waals surface area contributed by atoms with Crippen molar-refractivity contribution in [1.82, 2.24) is 0 Å². The van der Waals surface area contributed by atoms with Gasteiger partial charge < -0.3 is 20.6 Å². The Labute approximate surface area is 95.6 Å². The van der Waals surface area contributed by atoms with Crippen LogP contribution in [0.15, 0.2) is 18.2 Å². The minimum absolute atomic E-state index is 0.240. The summed E-state index contributed by atoms with van der Waals surface area (Å²) in [5, 5.41) is 30.5. The van der Waals surface area contributed by atoms with E-state index in [2.05, 4.69) is 5.32 Å². The van der Waals surface area contributed by atoms with Crippen LogP contribution in [0, 0.1) is 0 Å². The number of phenolic OH excluding ortho intramolecular Hbond substituents is 1. The van der Waals surface area contributed by atoms with Crippen LogP contribution in [-0.4, -0.2) is 34.6 Å². The molecule has 0 saturated carbocycles. The van der Waals surface area contributed by atoms with Gasteiger partial charge in [0.15, 0.2) is 0 Å². The molecule has 0 heterocycles. The predicted octanol–water partition coefficient (Wildman–Crippen LogP) is 1.28. The Hall–Kier alpha value is -1.26. The fraction of sp³-hybridized carbons (Fsp3) is 0.500. The average molecular weight is 225 g/mol. The van der Waals surface area contributed by atoms with Crippen molar-refractivity contribution in [3.8, 4) is 5.75 Å². The molecular weight excluding hydrogens is 206 g/mol. The Morgan fingerprint density at radius 2 is 2.00 bits per heavy atom. The predicted molar refractivity (Wildman–Crippen MR) is 63.8 cm³/mol. The maximum absolute atomic E-state index is 9.61. The zero-order valence-corrected chi connectivity index (χ0v) is 9.64. The molecule has 0 radical (unpaired) electrons. The van der Waals surface area contributed by atoms with Gasteiger partial charge in [-0.3, -0.25) is 0 Å². The first-order valence-corrected chi connectivity index (χ1v) is 5.40. The zero-order valence-electron chi connectivity index (χ0n) is 9.64. The number of rotatable bonds is 5. The number of hydrogen-bond acceptors (Lipinski definition) is 4. The van der Waals surface area contributed by atoms with Gasteiger partial charge in [-0.15, -0.1) is 0 Å². The molecule has 0 spiro atoms. The van der Waals surface area contributed by atoms with E-state index in [0.29, 0.717) is 6.54 Å². The summed E-state index contributed by atoms with van der Waals surface area (Å²) < 4.78 is 0. The second kappa shape index (κ2) is 5.72. The summed E-state index contributed by atoms with van der Waals surface area (Å²) in [4.78, 5) is 0. The highest BCUT2D eigenvalue weighted by Crippen LogP contribution is 2.28. The van der Waals surface area contributed by atoms with Crippen LogP contribution < -0.4 is 5.32 Å². The third-order valence-corrected chi connectivity index (χ3v) is 2.40. The van der Waals surface area contributed by atoms with Crippen LogP contribution in [0.1, 0.15) is 25.3 Å². The molecule has 0 aliphatic heterocycles. The van der Waals surface area contributed by atoms with Crippen molar-refractivity contribution >= 4 is 5.69 Å². The Bertz CT molecular complexity index is 339.